The minimum absolute atomic E-state index is 0.0388. The Labute approximate surface area is 113 Å². The quantitative estimate of drug-likeness (QED) is 0.827. The second-order valence-electron chi connectivity index (χ2n) is 4.76. The summed E-state index contributed by atoms with van der Waals surface area (Å²) in [4.78, 5) is 3.96. The first kappa shape index (κ1) is 14.0. The van der Waals surface area contributed by atoms with Gasteiger partial charge in [-0.05, 0) is 25.3 Å². The fourth-order valence-electron chi connectivity index (χ4n) is 2.30. The molecule has 1 aromatic rings. The molecule has 0 bridgehead atoms. The number of nitrogens with zero attached hydrogens (tertiary/aromatic N) is 3. The van der Waals surface area contributed by atoms with Crippen molar-refractivity contribution in [2.75, 3.05) is 13.1 Å². The lowest BCUT2D eigenvalue weighted by molar-refractivity contribution is 0.423. The van der Waals surface area contributed by atoms with Crippen molar-refractivity contribution in [1.29, 1.82) is 5.26 Å². The molecule has 0 spiro atoms. The summed E-state index contributed by atoms with van der Waals surface area (Å²) in [6, 6.07) is 1.98. The summed E-state index contributed by atoms with van der Waals surface area (Å²) in [7, 11) is -3.60. The lowest BCUT2D eigenvalue weighted by atomic mass is 10.2. The van der Waals surface area contributed by atoms with Crippen LogP contribution in [0.15, 0.2) is 17.3 Å². The highest BCUT2D eigenvalue weighted by Gasteiger charge is 2.28. The van der Waals surface area contributed by atoms with E-state index >= 15 is 0 Å². The van der Waals surface area contributed by atoms with Gasteiger partial charge in [-0.25, -0.2) is 8.42 Å². The number of nitriles is 1. The Kier molecular flexibility index (Phi) is 4.17. The van der Waals surface area contributed by atoms with Crippen molar-refractivity contribution in [3.05, 3.63) is 23.5 Å². The molecule has 5 nitrogen and oxygen atoms in total. The van der Waals surface area contributed by atoms with Crippen LogP contribution >= 0.6 is 0 Å². The predicted octanol–water partition coefficient (Wildman–Crippen LogP) is 1.83. The van der Waals surface area contributed by atoms with Crippen molar-refractivity contribution in [3.63, 3.8) is 0 Å². The molecule has 2 rings (SSSR count). The molecular formula is C13H17N3O2S. The van der Waals surface area contributed by atoms with Gasteiger partial charge in [-0.15, -0.1) is 0 Å². The van der Waals surface area contributed by atoms with Crippen LogP contribution in [0.4, 0.5) is 0 Å². The summed E-state index contributed by atoms with van der Waals surface area (Å²) in [6.07, 6.45) is 6.67. The SMILES string of the molecule is Cc1cncc(S(=O)(=O)N2CCCCCC2)c1C#N. The Morgan fingerprint density at radius 3 is 2.42 bits per heavy atom. The molecule has 0 N–H and O–H groups in total. The molecule has 0 atom stereocenters. The number of aromatic nitrogens is 1. The number of rotatable bonds is 2. The highest BCUT2D eigenvalue weighted by molar-refractivity contribution is 7.89. The van der Waals surface area contributed by atoms with E-state index in [0.717, 1.165) is 25.7 Å². The van der Waals surface area contributed by atoms with Crippen molar-refractivity contribution >= 4 is 10.0 Å². The van der Waals surface area contributed by atoms with Crippen molar-refractivity contribution in [1.82, 2.24) is 9.29 Å². The third kappa shape index (κ3) is 2.77. The molecule has 19 heavy (non-hydrogen) atoms. The van der Waals surface area contributed by atoms with Crippen molar-refractivity contribution < 1.29 is 8.42 Å². The molecule has 0 saturated carbocycles. The fraction of sp³-hybridized carbons (Fsp3) is 0.538. The van der Waals surface area contributed by atoms with Gasteiger partial charge in [-0.1, -0.05) is 12.8 Å². The van der Waals surface area contributed by atoms with Gasteiger partial charge in [0.1, 0.15) is 11.0 Å². The Morgan fingerprint density at radius 2 is 1.84 bits per heavy atom. The zero-order valence-electron chi connectivity index (χ0n) is 11.0. The van der Waals surface area contributed by atoms with Crippen LogP contribution in [0.2, 0.25) is 0 Å². The summed E-state index contributed by atoms with van der Waals surface area (Å²) in [5.41, 5.74) is 0.803. The average Bonchev–Trinajstić information content (AvgIpc) is 2.67. The highest BCUT2D eigenvalue weighted by atomic mass is 32.2. The molecule has 0 unspecified atom stereocenters. The molecule has 102 valence electrons. The van der Waals surface area contributed by atoms with Crippen LogP contribution in [-0.4, -0.2) is 30.8 Å². The first-order valence-corrected chi connectivity index (χ1v) is 7.86. The molecule has 0 radical (unpaired) electrons. The van der Waals surface area contributed by atoms with Crippen molar-refractivity contribution in [3.8, 4) is 6.07 Å². The van der Waals surface area contributed by atoms with Gasteiger partial charge in [-0.3, -0.25) is 4.98 Å². The van der Waals surface area contributed by atoms with E-state index in [9.17, 15) is 8.42 Å². The minimum atomic E-state index is -3.60. The number of hydrogen-bond acceptors (Lipinski definition) is 4. The van der Waals surface area contributed by atoms with Crippen LogP contribution in [-0.2, 0) is 10.0 Å². The minimum Gasteiger partial charge on any atom is -0.263 e. The normalized spacial score (nSPS) is 17.7. The van der Waals surface area contributed by atoms with E-state index < -0.39 is 10.0 Å². The summed E-state index contributed by atoms with van der Waals surface area (Å²) in [5, 5.41) is 9.16. The number of hydrogen-bond donors (Lipinski definition) is 0. The van der Waals surface area contributed by atoms with E-state index in [-0.39, 0.29) is 10.5 Å². The van der Waals surface area contributed by atoms with Crippen LogP contribution in [0, 0.1) is 18.3 Å². The monoisotopic (exact) mass is 279 g/mol. The second-order valence-corrected chi connectivity index (χ2v) is 6.67. The van der Waals surface area contributed by atoms with E-state index in [1.54, 1.807) is 6.92 Å². The van der Waals surface area contributed by atoms with Gasteiger partial charge >= 0.3 is 0 Å². The molecule has 0 aromatic carbocycles. The molecule has 0 amide bonds. The lowest BCUT2D eigenvalue weighted by Crippen LogP contribution is -2.32. The summed E-state index contributed by atoms with van der Waals surface area (Å²) >= 11 is 0. The number of sulfonamides is 1. The second kappa shape index (κ2) is 5.68. The van der Waals surface area contributed by atoms with Crippen LogP contribution < -0.4 is 0 Å². The van der Waals surface area contributed by atoms with Crippen LogP contribution in [0.1, 0.15) is 36.8 Å². The molecule has 1 fully saturated rings. The average molecular weight is 279 g/mol. The van der Waals surface area contributed by atoms with Crippen LogP contribution in [0.5, 0.6) is 0 Å². The van der Waals surface area contributed by atoms with Gasteiger partial charge in [-0.2, -0.15) is 9.57 Å². The van der Waals surface area contributed by atoms with Crippen molar-refractivity contribution in [2.24, 2.45) is 0 Å². The van der Waals surface area contributed by atoms with E-state index in [2.05, 4.69) is 4.98 Å². The van der Waals surface area contributed by atoms with Gasteiger partial charge in [0.15, 0.2) is 0 Å². The van der Waals surface area contributed by atoms with Gasteiger partial charge in [0.25, 0.3) is 0 Å². The Balaban J connectivity index is 2.45. The molecule has 6 heteroatoms. The fourth-order valence-corrected chi connectivity index (χ4v) is 3.98. The first-order valence-electron chi connectivity index (χ1n) is 6.42. The Morgan fingerprint density at radius 1 is 1.21 bits per heavy atom. The predicted molar refractivity (Wildman–Crippen MR) is 70.9 cm³/mol. The maximum atomic E-state index is 12.6. The van der Waals surface area contributed by atoms with Crippen LogP contribution in [0.25, 0.3) is 0 Å². The number of pyridine rings is 1. The molecule has 1 aromatic heterocycles. The largest absolute Gasteiger partial charge is 0.263 e. The van der Waals surface area contributed by atoms with Gasteiger partial charge in [0, 0.05) is 25.5 Å². The van der Waals surface area contributed by atoms with E-state index in [1.807, 2.05) is 6.07 Å². The third-order valence-corrected chi connectivity index (χ3v) is 5.31. The standard InChI is InChI=1S/C13H17N3O2S/c1-11-9-15-10-13(12(11)8-14)19(17,18)16-6-4-2-3-5-7-16/h9-10H,2-7H2,1H3. The van der Waals surface area contributed by atoms with Crippen LogP contribution in [0.3, 0.4) is 0 Å². The van der Waals surface area contributed by atoms with Crippen molar-refractivity contribution in [2.45, 2.75) is 37.5 Å². The highest BCUT2D eigenvalue weighted by Crippen LogP contribution is 2.23. The molecule has 2 heterocycles. The van der Waals surface area contributed by atoms with E-state index in [1.165, 1.54) is 16.7 Å². The molecule has 1 saturated heterocycles. The maximum absolute atomic E-state index is 12.6. The van der Waals surface area contributed by atoms with Gasteiger partial charge in [0.05, 0.1) is 5.56 Å². The Bertz CT molecular complexity index is 597. The topological polar surface area (TPSA) is 74.1 Å². The summed E-state index contributed by atoms with van der Waals surface area (Å²) < 4.78 is 26.7. The zero-order valence-corrected chi connectivity index (χ0v) is 11.8. The maximum Gasteiger partial charge on any atom is 0.245 e. The lowest BCUT2D eigenvalue weighted by Gasteiger charge is -2.20. The summed E-state index contributed by atoms with van der Waals surface area (Å²) in [6.45, 7) is 2.76. The van der Waals surface area contributed by atoms with E-state index in [4.69, 9.17) is 5.26 Å². The van der Waals surface area contributed by atoms with E-state index in [0.29, 0.717) is 18.7 Å². The molecule has 1 aliphatic heterocycles. The van der Waals surface area contributed by atoms with Gasteiger partial charge < -0.3 is 0 Å². The molecule has 1 aliphatic rings. The smallest absolute Gasteiger partial charge is 0.245 e. The third-order valence-electron chi connectivity index (χ3n) is 3.40. The van der Waals surface area contributed by atoms with Gasteiger partial charge in [0.2, 0.25) is 10.0 Å². The zero-order chi connectivity index (χ0) is 13.9. The summed E-state index contributed by atoms with van der Waals surface area (Å²) in [5.74, 6) is 0. The molecule has 0 aliphatic carbocycles. The Hall–Kier alpha value is -1.45. The molecular weight excluding hydrogens is 262 g/mol. The number of aryl methyl sites for hydroxylation is 1. The first-order chi connectivity index (χ1) is 9.07.